The van der Waals surface area contributed by atoms with Crippen molar-refractivity contribution in [2.75, 3.05) is 0 Å². The van der Waals surface area contributed by atoms with Gasteiger partial charge in [-0.1, -0.05) is 18.2 Å². The van der Waals surface area contributed by atoms with Crippen LogP contribution in [0.5, 0.6) is 0 Å². The highest BCUT2D eigenvalue weighted by molar-refractivity contribution is 6.47. The summed E-state index contributed by atoms with van der Waals surface area (Å²) in [5, 5.41) is 0. The Morgan fingerprint density at radius 2 is 1.92 bits per heavy atom. The van der Waals surface area contributed by atoms with Gasteiger partial charge in [-0.3, -0.25) is 0 Å². The highest BCUT2D eigenvalue weighted by Crippen LogP contribution is 2.11. The number of para-hydroxylation sites is 1. The van der Waals surface area contributed by atoms with Crippen molar-refractivity contribution in [2.45, 2.75) is 0 Å². The lowest BCUT2D eigenvalue weighted by atomic mass is 10.3. The van der Waals surface area contributed by atoms with Gasteiger partial charge in [0.25, 0.3) is 0 Å². The molecule has 1 heterocycles. The van der Waals surface area contributed by atoms with Gasteiger partial charge in [0.2, 0.25) is 0 Å². The molecule has 0 unspecified atom stereocenters. The molecule has 1 aromatic rings. The molecule has 0 saturated carbocycles. The smallest absolute Gasteiger partial charge is 0.149 e. The average molecular weight is 171 g/mol. The van der Waals surface area contributed by atoms with Crippen molar-refractivity contribution in [3.63, 3.8) is 0 Å². The molecule has 0 amide bonds. The molecule has 3 heteroatoms. The van der Waals surface area contributed by atoms with Crippen LogP contribution in [-0.2, 0) is 0 Å². The summed E-state index contributed by atoms with van der Waals surface area (Å²) in [7, 11) is 0. The standard InChI is InChI=1S/C10H9N3/c11-10-9(6-7-12-10)13-8-4-2-1-3-5-8/h1-7H,(H2,11,12,13). The van der Waals surface area contributed by atoms with Gasteiger partial charge in [0.15, 0.2) is 0 Å². The van der Waals surface area contributed by atoms with E-state index in [1.165, 1.54) is 0 Å². The van der Waals surface area contributed by atoms with Crippen LogP contribution in [0, 0.1) is 0 Å². The van der Waals surface area contributed by atoms with Crippen LogP contribution < -0.4 is 5.73 Å². The van der Waals surface area contributed by atoms with E-state index in [1.54, 1.807) is 12.3 Å². The quantitative estimate of drug-likeness (QED) is 0.686. The number of benzene rings is 1. The Bertz CT molecular complexity index is 388. The molecule has 0 saturated heterocycles. The van der Waals surface area contributed by atoms with E-state index in [4.69, 9.17) is 5.73 Å². The van der Waals surface area contributed by atoms with E-state index in [1.807, 2.05) is 30.3 Å². The number of aliphatic imine (C=N–C) groups is 2. The third kappa shape index (κ3) is 1.64. The molecule has 2 N–H and O–H groups in total. The average Bonchev–Trinajstić information content (AvgIpc) is 2.54. The summed E-state index contributed by atoms with van der Waals surface area (Å²) in [5.41, 5.74) is 7.20. The van der Waals surface area contributed by atoms with Crippen LogP contribution >= 0.6 is 0 Å². The van der Waals surface area contributed by atoms with Crippen LogP contribution in [0.2, 0.25) is 0 Å². The van der Waals surface area contributed by atoms with Crippen LogP contribution in [0.1, 0.15) is 0 Å². The molecule has 0 aromatic heterocycles. The Labute approximate surface area is 76.3 Å². The van der Waals surface area contributed by atoms with Gasteiger partial charge in [-0.25, -0.2) is 9.98 Å². The molecule has 0 spiro atoms. The minimum absolute atomic E-state index is 0.476. The van der Waals surface area contributed by atoms with E-state index in [0.717, 1.165) is 11.4 Å². The van der Waals surface area contributed by atoms with Gasteiger partial charge in [0, 0.05) is 6.20 Å². The molecule has 0 aliphatic carbocycles. The van der Waals surface area contributed by atoms with Crippen molar-refractivity contribution in [3.8, 4) is 0 Å². The molecule has 0 bridgehead atoms. The first-order valence-electron chi connectivity index (χ1n) is 4.00. The Morgan fingerprint density at radius 3 is 2.54 bits per heavy atom. The predicted octanol–water partition coefficient (Wildman–Crippen LogP) is 1.64. The van der Waals surface area contributed by atoms with Gasteiger partial charge in [-0.2, -0.15) is 0 Å². The predicted molar refractivity (Wildman–Crippen MR) is 54.3 cm³/mol. The molecular weight excluding hydrogens is 162 g/mol. The van der Waals surface area contributed by atoms with Crippen molar-refractivity contribution in [2.24, 2.45) is 15.7 Å². The zero-order valence-corrected chi connectivity index (χ0v) is 7.01. The molecule has 64 valence electrons. The second-order valence-corrected chi connectivity index (χ2v) is 2.66. The van der Waals surface area contributed by atoms with Gasteiger partial charge < -0.3 is 5.73 Å². The second-order valence-electron chi connectivity index (χ2n) is 2.66. The van der Waals surface area contributed by atoms with Crippen LogP contribution in [0.25, 0.3) is 0 Å². The topological polar surface area (TPSA) is 50.7 Å². The molecule has 0 radical (unpaired) electrons. The third-order valence-corrected chi connectivity index (χ3v) is 1.71. The number of nitrogens with two attached hydrogens (primary N) is 1. The lowest BCUT2D eigenvalue weighted by Gasteiger charge is -1.95. The van der Waals surface area contributed by atoms with E-state index in [0.29, 0.717) is 5.84 Å². The molecule has 0 atom stereocenters. The molecule has 1 aromatic carbocycles. The fraction of sp³-hybridized carbons (Fsp3) is 0. The first kappa shape index (κ1) is 7.73. The zero-order valence-electron chi connectivity index (χ0n) is 7.01. The summed E-state index contributed by atoms with van der Waals surface area (Å²) in [5.74, 6) is 0.476. The summed E-state index contributed by atoms with van der Waals surface area (Å²) in [4.78, 5) is 8.21. The Kier molecular flexibility index (Phi) is 1.92. The van der Waals surface area contributed by atoms with Gasteiger partial charge in [-0.15, -0.1) is 0 Å². The molecular formula is C10H9N3. The number of hydrogen-bond acceptors (Lipinski definition) is 3. The number of nitrogens with zero attached hydrogens (tertiary/aromatic N) is 2. The summed E-state index contributed by atoms with van der Waals surface area (Å²) in [6.45, 7) is 0. The van der Waals surface area contributed by atoms with Crippen molar-refractivity contribution in [1.29, 1.82) is 0 Å². The fourth-order valence-corrected chi connectivity index (χ4v) is 1.08. The molecule has 1 aliphatic heterocycles. The second kappa shape index (κ2) is 3.23. The molecule has 2 rings (SSSR count). The van der Waals surface area contributed by atoms with Crippen LogP contribution in [0.4, 0.5) is 5.69 Å². The Hall–Kier alpha value is -1.90. The Balaban J connectivity index is 2.32. The minimum atomic E-state index is 0.476. The van der Waals surface area contributed by atoms with Gasteiger partial charge in [0.1, 0.15) is 11.5 Å². The van der Waals surface area contributed by atoms with E-state index >= 15 is 0 Å². The van der Waals surface area contributed by atoms with Crippen LogP contribution in [0.3, 0.4) is 0 Å². The number of hydrogen-bond donors (Lipinski definition) is 1. The van der Waals surface area contributed by atoms with Crippen LogP contribution in [0.15, 0.2) is 52.6 Å². The highest BCUT2D eigenvalue weighted by atomic mass is 14.9. The summed E-state index contributed by atoms with van der Waals surface area (Å²) in [6, 6.07) is 9.67. The summed E-state index contributed by atoms with van der Waals surface area (Å²) < 4.78 is 0. The highest BCUT2D eigenvalue weighted by Gasteiger charge is 2.04. The lowest BCUT2D eigenvalue weighted by molar-refractivity contribution is 1.52. The van der Waals surface area contributed by atoms with Gasteiger partial charge >= 0.3 is 0 Å². The maximum Gasteiger partial charge on any atom is 0.149 e. The van der Waals surface area contributed by atoms with Gasteiger partial charge in [0.05, 0.1) is 5.69 Å². The minimum Gasteiger partial charge on any atom is -0.382 e. The van der Waals surface area contributed by atoms with E-state index in [2.05, 4.69) is 9.98 Å². The fourth-order valence-electron chi connectivity index (χ4n) is 1.08. The SMILES string of the molecule is NC1=NC=CC1=Nc1ccccc1. The monoisotopic (exact) mass is 171 g/mol. The van der Waals surface area contributed by atoms with E-state index < -0.39 is 0 Å². The normalized spacial score (nSPS) is 17.8. The maximum atomic E-state index is 5.58. The van der Waals surface area contributed by atoms with Crippen LogP contribution in [-0.4, -0.2) is 11.5 Å². The largest absolute Gasteiger partial charge is 0.382 e. The van der Waals surface area contributed by atoms with Gasteiger partial charge in [-0.05, 0) is 18.2 Å². The first-order chi connectivity index (χ1) is 6.36. The van der Waals surface area contributed by atoms with E-state index in [9.17, 15) is 0 Å². The summed E-state index contributed by atoms with van der Waals surface area (Å²) in [6.07, 6.45) is 3.44. The molecule has 0 fully saturated rings. The third-order valence-electron chi connectivity index (χ3n) is 1.71. The summed E-state index contributed by atoms with van der Waals surface area (Å²) >= 11 is 0. The maximum absolute atomic E-state index is 5.58. The van der Waals surface area contributed by atoms with Crippen molar-refractivity contribution in [3.05, 3.63) is 42.6 Å². The molecule has 3 nitrogen and oxygen atoms in total. The van der Waals surface area contributed by atoms with Crippen molar-refractivity contribution in [1.82, 2.24) is 0 Å². The van der Waals surface area contributed by atoms with E-state index in [-0.39, 0.29) is 0 Å². The first-order valence-corrected chi connectivity index (χ1v) is 4.00. The number of amidine groups is 1. The number of rotatable bonds is 1. The van der Waals surface area contributed by atoms with Crippen molar-refractivity contribution >= 4 is 17.2 Å². The molecule has 1 aliphatic rings. The van der Waals surface area contributed by atoms with Crippen molar-refractivity contribution < 1.29 is 0 Å². The molecule has 13 heavy (non-hydrogen) atoms. The Morgan fingerprint density at radius 1 is 1.15 bits per heavy atom. The zero-order chi connectivity index (χ0) is 9.10. The lowest BCUT2D eigenvalue weighted by Crippen LogP contribution is -2.18.